The van der Waals surface area contributed by atoms with Crippen LogP contribution in [0.2, 0.25) is 0 Å². The van der Waals surface area contributed by atoms with Gasteiger partial charge >= 0.3 is 0 Å². The Morgan fingerprint density at radius 3 is 2.88 bits per heavy atom. The molecule has 0 aliphatic rings. The topological polar surface area (TPSA) is 76.1 Å². The summed E-state index contributed by atoms with van der Waals surface area (Å²) in [4.78, 5) is 19.1. The third kappa shape index (κ3) is 4.12. The van der Waals surface area contributed by atoms with Crippen LogP contribution >= 0.6 is 0 Å². The summed E-state index contributed by atoms with van der Waals surface area (Å²) in [6.45, 7) is 4.00. The Morgan fingerprint density at radius 2 is 2.25 bits per heavy atom. The van der Waals surface area contributed by atoms with Gasteiger partial charge in [-0.3, -0.25) is 4.79 Å². The van der Waals surface area contributed by atoms with Gasteiger partial charge in [0.25, 0.3) is 0 Å². The Hall–Kier alpha value is -1.85. The van der Waals surface area contributed by atoms with E-state index in [4.69, 9.17) is 4.74 Å². The zero-order chi connectivity index (χ0) is 12.0. The predicted octanol–water partition coefficient (Wildman–Crippen LogP) is 0.422. The summed E-state index contributed by atoms with van der Waals surface area (Å²) in [5.41, 5.74) is 0. The number of nitrogens with zero attached hydrogens (tertiary/aromatic N) is 2. The molecular formula is C10H16N4O2. The van der Waals surface area contributed by atoms with Crippen LogP contribution in [0, 0.1) is 0 Å². The van der Waals surface area contributed by atoms with E-state index in [1.54, 1.807) is 6.07 Å². The van der Waals surface area contributed by atoms with Gasteiger partial charge in [0.05, 0.1) is 13.7 Å². The average Bonchev–Trinajstić information content (AvgIpc) is 2.26. The molecule has 0 radical (unpaired) electrons. The number of aromatic nitrogens is 2. The summed E-state index contributed by atoms with van der Waals surface area (Å²) in [5.74, 6) is 0.945. The summed E-state index contributed by atoms with van der Waals surface area (Å²) in [6, 6.07) is 1.76. The van der Waals surface area contributed by atoms with Crippen LogP contribution in [0.1, 0.15) is 13.8 Å². The Kier molecular flexibility index (Phi) is 4.50. The zero-order valence-electron chi connectivity index (χ0n) is 9.65. The Labute approximate surface area is 94.4 Å². The van der Waals surface area contributed by atoms with E-state index in [1.807, 2.05) is 13.8 Å². The molecule has 0 aromatic carbocycles. The SMILES string of the molecule is COc1cc(NCC(=O)NC(C)C)ncn1. The molecule has 1 heterocycles. The van der Waals surface area contributed by atoms with Gasteiger partial charge in [-0.25, -0.2) is 9.97 Å². The lowest BCUT2D eigenvalue weighted by Crippen LogP contribution is -2.34. The van der Waals surface area contributed by atoms with Crippen molar-refractivity contribution in [1.29, 1.82) is 0 Å². The van der Waals surface area contributed by atoms with E-state index in [0.29, 0.717) is 11.7 Å². The molecule has 6 heteroatoms. The quantitative estimate of drug-likeness (QED) is 0.758. The van der Waals surface area contributed by atoms with Gasteiger partial charge in [0.2, 0.25) is 11.8 Å². The number of carbonyl (C=O) groups excluding carboxylic acids is 1. The maximum atomic E-state index is 11.3. The van der Waals surface area contributed by atoms with Crippen molar-refractivity contribution in [3.05, 3.63) is 12.4 Å². The second kappa shape index (κ2) is 5.89. The van der Waals surface area contributed by atoms with Gasteiger partial charge in [-0.1, -0.05) is 0 Å². The molecule has 0 fully saturated rings. The summed E-state index contributed by atoms with van der Waals surface area (Å²) in [5, 5.41) is 5.65. The fourth-order valence-electron chi connectivity index (χ4n) is 1.09. The van der Waals surface area contributed by atoms with E-state index in [-0.39, 0.29) is 18.5 Å². The summed E-state index contributed by atoms with van der Waals surface area (Å²) >= 11 is 0. The monoisotopic (exact) mass is 224 g/mol. The standard InChI is InChI=1S/C10H16N4O2/c1-7(2)14-9(15)5-11-8-4-10(16-3)13-6-12-8/h4,6-7H,5H2,1-3H3,(H,14,15)(H,11,12,13). The number of hydrogen-bond acceptors (Lipinski definition) is 5. The smallest absolute Gasteiger partial charge is 0.239 e. The molecule has 0 atom stereocenters. The van der Waals surface area contributed by atoms with Crippen LogP contribution in [-0.4, -0.2) is 35.6 Å². The number of nitrogens with one attached hydrogen (secondary N) is 2. The van der Waals surface area contributed by atoms with Crippen LogP contribution in [0.25, 0.3) is 0 Å². The van der Waals surface area contributed by atoms with Crippen molar-refractivity contribution in [1.82, 2.24) is 15.3 Å². The van der Waals surface area contributed by atoms with Gasteiger partial charge in [0.15, 0.2) is 0 Å². The Morgan fingerprint density at radius 1 is 1.50 bits per heavy atom. The van der Waals surface area contributed by atoms with Crippen molar-refractivity contribution in [3.63, 3.8) is 0 Å². The van der Waals surface area contributed by atoms with E-state index in [9.17, 15) is 4.79 Å². The number of amides is 1. The largest absolute Gasteiger partial charge is 0.481 e. The highest BCUT2D eigenvalue weighted by molar-refractivity contribution is 5.80. The first-order chi connectivity index (χ1) is 7.61. The molecular weight excluding hydrogens is 208 g/mol. The van der Waals surface area contributed by atoms with E-state index in [0.717, 1.165) is 0 Å². The van der Waals surface area contributed by atoms with Crippen molar-refractivity contribution in [3.8, 4) is 5.88 Å². The molecule has 0 aliphatic heterocycles. The number of anilines is 1. The molecule has 1 aromatic rings. The Balaban J connectivity index is 2.45. The van der Waals surface area contributed by atoms with Gasteiger partial charge in [-0.05, 0) is 13.8 Å². The van der Waals surface area contributed by atoms with E-state index in [2.05, 4.69) is 20.6 Å². The van der Waals surface area contributed by atoms with Gasteiger partial charge < -0.3 is 15.4 Å². The van der Waals surface area contributed by atoms with E-state index < -0.39 is 0 Å². The lowest BCUT2D eigenvalue weighted by Gasteiger charge is -2.09. The molecule has 2 N–H and O–H groups in total. The molecule has 1 aromatic heterocycles. The molecule has 0 bridgehead atoms. The minimum atomic E-state index is -0.0763. The van der Waals surface area contributed by atoms with Gasteiger partial charge in [0.1, 0.15) is 12.1 Å². The van der Waals surface area contributed by atoms with Crippen LogP contribution in [-0.2, 0) is 4.79 Å². The van der Waals surface area contributed by atoms with Gasteiger partial charge in [0, 0.05) is 12.1 Å². The maximum Gasteiger partial charge on any atom is 0.239 e. The minimum absolute atomic E-state index is 0.0763. The van der Waals surface area contributed by atoms with Gasteiger partial charge in [-0.15, -0.1) is 0 Å². The van der Waals surface area contributed by atoms with Crippen molar-refractivity contribution in [2.75, 3.05) is 19.0 Å². The van der Waals surface area contributed by atoms with Crippen LogP contribution < -0.4 is 15.4 Å². The number of hydrogen-bond donors (Lipinski definition) is 2. The second-order valence-corrected chi connectivity index (χ2v) is 3.52. The molecule has 0 spiro atoms. The average molecular weight is 224 g/mol. The molecule has 88 valence electrons. The second-order valence-electron chi connectivity index (χ2n) is 3.52. The molecule has 1 amide bonds. The van der Waals surface area contributed by atoms with Crippen LogP contribution in [0.3, 0.4) is 0 Å². The summed E-state index contributed by atoms with van der Waals surface area (Å²) in [7, 11) is 1.53. The molecule has 0 unspecified atom stereocenters. The fraction of sp³-hybridized carbons (Fsp3) is 0.500. The minimum Gasteiger partial charge on any atom is -0.481 e. The highest BCUT2D eigenvalue weighted by atomic mass is 16.5. The van der Waals surface area contributed by atoms with Crippen molar-refractivity contribution in [2.24, 2.45) is 0 Å². The summed E-state index contributed by atoms with van der Waals surface area (Å²) < 4.78 is 4.93. The lowest BCUT2D eigenvalue weighted by atomic mass is 10.4. The number of methoxy groups -OCH3 is 1. The van der Waals surface area contributed by atoms with Gasteiger partial charge in [-0.2, -0.15) is 0 Å². The molecule has 0 aliphatic carbocycles. The molecule has 6 nitrogen and oxygen atoms in total. The number of rotatable bonds is 5. The van der Waals surface area contributed by atoms with Crippen molar-refractivity contribution in [2.45, 2.75) is 19.9 Å². The molecule has 0 saturated heterocycles. The molecule has 16 heavy (non-hydrogen) atoms. The Bertz CT molecular complexity index is 354. The molecule has 0 saturated carbocycles. The zero-order valence-corrected chi connectivity index (χ0v) is 9.65. The third-order valence-corrected chi connectivity index (χ3v) is 1.73. The highest BCUT2D eigenvalue weighted by Gasteiger charge is 2.04. The van der Waals surface area contributed by atoms with E-state index in [1.165, 1.54) is 13.4 Å². The first kappa shape index (κ1) is 12.2. The first-order valence-electron chi connectivity index (χ1n) is 5.01. The van der Waals surface area contributed by atoms with Crippen molar-refractivity contribution >= 4 is 11.7 Å². The highest BCUT2D eigenvalue weighted by Crippen LogP contribution is 2.09. The van der Waals surface area contributed by atoms with Crippen LogP contribution in [0.4, 0.5) is 5.82 Å². The normalized spacial score (nSPS) is 10.0. The lowest BCUT2D eigenvalue weighted by molar-refractivity contribution is -0.119. The molecule has 1 rings (SSSR count). The van der Waals surface area contributed by atoms with Crippen molar-refractivity contribution < 1.29 is 9.53 Å². The number of carbonyl (C=O) groups is 1. The van der Waals surface area contributed by atoms with Crippen LogP contribution in [0.15, 0.2) is 12.4 Å². The van der Waals surface area contributed by atoms with Crippen LogP contribution in [0.5, 0.6) is 5.88 Å². The fourth-order valence-corrected chi connectivity index (χ4v) is 1.09. The summed E-state index contributed by atoms with van der Waals surface area (Å²) in [6.07, 6.45) is 1.38. The first-order valence-corrected chi connectivity index (χ1v) is 5.01. The third-order valence-electron chi connectivity index (χ3n) is 1.73. The van der Waals surface area contributed by atoms with E-state index >= 15 is 0 Å². The maximum absolute atomic E-state index is 11.3. The number of ether oxygens (including phenoxy) is 1. The predicted molar refractivity (Wildman–Crippen MR) is 60.4 cm³/mol.